The lowest BCUT2D eigenvalue weighted by Gasteiger charge is -2.04. The lowest BCUT2D eigenvalue weighted by molar-refractivity contribution is 0.628. The van der Waals surface area contributed by atoms with Crippen molar-refractivity contribution in [2.45, 2.75) is 6.54 Å². The topological polar surface area (TPSA) is 17.0 Å². The average molecular weight is 283 g/mol. The van der Waals surface area contributed by atoms with Gasteiger partial charge in [0.05, 0.1) is 4.60 Å². The third-order valence-electron chi connectivity index (χ3n) is 2.32. The molecule has 2 nitrogen and oxygen atoms in total. The van der Waals surface area contributed by atoms with Crippen LogP contribution < -0.4 is 5.32 Å². The molecule has 1 aromatic carbocycles. The van der Waals surface area contributed by atoms with Gasteiger partial charge in [0.1, 0.15) is 5.82 Å². The largest absolute Gasteiger partial charge is 0.381 e. The van der Waals surface area contributed by atoms with Gasteiger partial charge in [0, 0.05) is 25.5 Å². The van der Waals surface area contributed by atoms with Gasteiger partial charge in [-0.2, -0.15) is 0 Å². The highest BCUT2D eigenvalue weighted by Gasteiger charge is 2.00. The van der Waals surface area contributed by atoms with E-state index in [9.17, 15) is 4.39 Å². The summed E-state index contributed by atoms with van der Waals surface area (Å²) in [6.45, 7) is 0.683. The Kier molecular flexibility index (Phi) is 3.29. The highest BCUT2D eigenvalue weighted by Crippen LogP contribution is 2.15. The van der Waals surface area contributed by atoms with Gasteiger partial charge in [-0.3, -0.25) is 0 Å². The smallest absolute Gasteiger partial charge is 0.125 e. The van der Waals surface area contributed by atoms with Gasteiger partial charge in [0.25, 0.3) is 0 Å². The van der Waals surface area contributed by atoms with Crippen molar-refractivity contribution in [2.24, 2.45) is 7.05 Å². The van der Waals surface area contributed by atoms with Gasteiger partial charge in [0.15, 0.2) is 0 Å². The Morgan fingerprint density at radius 3 is 2.81 bits per heavy atom. The minimum atomic E-state index is -0.223. The van der Waals surface area contributed by atoms with E-state index in [4.69, 9.17) is 0 Å². The molecule has 1 N–H and O–H groups in total. The molecule has 0 bridgehead atoms. The monoisotopic (exact) mass is 282 g/mol. The van der Waals surface area contributed by atoms with Crippen LogP contribution in [0.25, 0.3) is 0 Å². The van der Waals surface area contributed by atoms with Crippen LogP contribution in [0, 0.1) is 5.82 Å². The fraction of sp³-hybridized carbons (Fsp3) is 0.167. The standard InChI is InChI=1S/C12H12BrFN2/c1-16-8-9(5-12(16)13)7-15-11-4-2-3-10(14)6-11/h2-6,8,15H,7H2,1H3. The molecule has 0 aliphatic carbocycles. The first-order valence-electron chi connectivity index (χ1n) is 4.95. The van der Waals surface area contributed by atoms with Crippen molar-refractivity contribution in [2.75, 3.05) is 5.32 Å². The van der Waals surface area contributed by atoms with Gasteiger partial charge in [0.2, 0.25) is 0 Å². The van der Waals surface area contributed by atoms with Crippen LogP contribution in [0.1, 0.15) is 5.56 Å². The normalized spacial score (nSPS) is 10.4. The third kappa shape index (κ3) is 2.64. The number of anilines is 1. The molecule has 1 heterocycles. The molecule has 84 valence electrons. The van der Waals surface area contributed by atoms with Crippen molar-refractivity contribution in [1.82, 2.24) is 4.57 Å². The van der Waals surface area contributed by atoms with Gasteiger partial charge in [-0.05, 0) is 45.8 Å². The zero-order chi connectivity index (χ0) is 11.5. The van der Waals surface area contributed by atoms with Crippen molar-refractivity contribution in [3.8, 4) is 0 Å². The summed E-state index contributed by atoms with van der Waals surface area (Å²) in [7, 11) is 1.97. The highest BCUT2D eigenvalue weighted by atomic mass is 79.9. The quantitative estimate of drug-likeness (QED) is 0.911. The summed E-state index contributed by atoms with van der Waals surface area (Å²) in [5.74, 6) is -0.223. The molecular formula is C12H12BrFN2. The molecule has 0 aliphatic heterocycles. The maximum Gasteiger partial charge on any atom is 0.125 e. The third-order valence-corrected chi connectivity index (χ3v) is 3.11. The van der Waals surface area contributed by atoms with Crippen molar-refractivity contribution < 1.29 is 4.39 Å². The molecule has 16 heavy (non-hydrogen) atoms. The van der Waals surface area contributed by atoms with Gasteiger partial charge < -0.3 is 9.88 Å². The van der Waals surface area contributed by atoms with E-state index < -0.39 is 0 Å². The van der Waals surface area contributed by atoms with E-state index >= 15 is 0 Å². The van der Waals surface area contributed by atoms with E-state index in [0.29, 0.717) is 6.54 Å². The predicted octanol–water partition coefficient (Wildman–Crippen LogP) is 3.54. The first kappa shape index (κ1) is 11.2. The molecule has 0 atom stereocenters. The zero-order valence-corrected chi connectivity index (χ0v) is 10.5. The van der Waals surface area contributed by atoms with Crippen molar-refractivity contribution in [3.63, 3.8) is 0 Å². The Balaban J connectivity index is 2.02. The predicted molar refractivity (Wildman–Crippen MR) is 66.8 cm³/mol. The molecule has 2 aromatic rings. The minimum absolute atomic E-state index is 0.223. The molecular weight excluding hydrogens is 271 g/mol. The molecule has 0 saturated heterocycles. The number of aryl methyl sites for hydroxylation is 1. The molecule has 1 aromatic heterocycles. The number of halogens is 2. The molecule has 0 amide bonds. The van der Waals surface area contributed by atoms with Gasteiger partial charge in [-0.25, -0.2) is 4.39 Å². The van der Waals surface area contributed by atoms with Gasteiger partial charge in [-0.15, -0.1) is 0 Å². The zero-order valence-electron chi connectivity index (χ0n) is 8.87. The fourth-order valence-electron chi connectivity index (χ4n) is 1.50. The van der Waals surface area contributed by atoms with Crippen LogP contribution in [-0.2, 0) is 13.6 Å². The number of aromatic nitrogens is 1. The number of nitrogens with one attached hydrogen (secondary N) is 1. The molecule has 0 saturated carbocycles. The van der Waals surface area contributed by atoms with Gasteiger partial charge in [-0.1, -0.05) is 6.07 Å². The summed E-state index contributed by atoms with van der Waals surface area (Å²) in [5, 5.41) is 3.17. The summed E-state index contributed by atoms with van der Waals surface area (Å²) in [5.41, 5.74) is 1.94. The molecule has 0 unspecified atom stereocenters. The Hall–Kier alpha value is -1.29. The second-order valence-corrected chi connectivity index (χ2v) is 4.46. The molecule has 0 radical (unpaired) electrons. The van der Waals surface area contributed by atoms with Crippen LogP contribution in [0.4, 0.5) is 10.1 Å². The van der Waals surface area contributed by atoms with E-state index in [1.165, 1.54) is 12.1 Å². The summed E-state index contributed by atoms with van der Waals surface area (Å²) in [6.07, 6.45) is 2.02. The summed E-state index contributed by atoms with van der Waals surface area (Å²) in [4.78, 5) is 0. The molecule has 0 aliphatic rings. The Labute approximate surface area is 102 Å². The molecule has 2 rings (SSSR count). The summed E-state index contributed by atoms with van der Waals surface area (Å²) >= 11 is 3.43. The van der Waals surface area contributed by atoms with Crippen LogP contribution in [0.2, 0.25) is 0 Å². The number of hydrogen-bond acceptors (Lipinski definition) is 1. The van der Waals surface area contributed by atoms with E-state index in [2.05, 4.69) is 21.2 Å². The second-order valence-electron chi connectivity index (χ2n) is 3.65. The Morgan fingerprint density at radius 2 is 2.19 bits per heavy atom. The second kappa shape index (κ2) is 4.70. The number of hydrogen-bond donors (Lipinski definition) is 1. The lowest BCUT2D eigenvalue weighted by atomic mass is 10.3. The van der Waals surface area contributed by atoms with E-state index in [1.54, 1.807) is 6.07 Å². The lowest BCUT2D eigenvalue weighted by Crippen LogP contribution is -1.98. The number of benzene rings is 1. The Bertz CT molecular complexity index is 474. The summed E-state index contributed by atoms with van der Waals surface area (Å²) in [6, 6.07) is 8.49. The maximum absolute atomic E-state index is 12.9. The SMILES string of the molecule is Cn1cc(CNc2cccc(F)c2)cc1Br. The van der Waals surface area contributed by atoms with Crippen LogP contribution in [0.3, 0.4) is 0 Å². The van der Waals surface area contributed by atoms with Crippen LogP contribution in [-0.4, -0.2) is 4.57 Å². The molecule has 4 heteroatoms. The van der Waals surface area contributed by atoms with E-state index in [0.717, 1.165) is 15.9 Å². The summed E-state index contributed by atoms with van der Waals surface area (Å²) < 4.78 is 15.9. The van der Waals surface area contributed by atoms with Crippen LogP contribution >= 0.6 is 15.9 Å². The first-order valence-corrected chi connectivity index (χ1v) is 5.74. The fourth-order valence-corrected chi connectivity index (χ4v) is 1.90. The molecule has 0 fully saturated rings. The average Bonchev–Trinajstić information content (AvgIpc) is 2.56. The minimum Gasteiger partial charge on any atom is -0.381 e. The van der Waals surface area contributed by atoms with Gasteiger partial charge >= 0.3 is 0 Å². The van der Waals surface area contributed by atoms with Crippen molar-refractivity contribution in [1.29, 1.82) is 0 Å². The van der Waals surface area contributed by atoms with Crippen LogP contribution in [0.15, 0.2) is 41.1 Å². The van der Waals surface area contributed by atoms with Crippen LogP contribution in [0.5, 0.6) is 0 Å². The van der Waals surface area contributed by atoms with Crippen molar-refractivity contribution >= 4 is 21.6 Å². The molecule has 0 spiro atoms. The maximum atomic E-state index is 12.9. The van der Waals surface area contributed by atoms with E-state index in [-0.39, 0.29) is 5.82 Å². The number of rotatable bonds is 3. The van der Waals surface area contributed by atoms with Crippen molar-refractivity contribution in [3.05, 3.63) is 52.5 Å². The number of nitrogens with zero attached hydrogens (tertiary/aromatic N) is 1. The van der Waals surface area contributed by atoms with E-state index in [1.807, 2.05) is 29.9 Å². The Morgan fingerprint density at radius 1 is 1.38 bits per heavy atom. The highest BCUT2D eigenvalue weighted by molar-refractivity contribution is 9.10. The first-order chi connectivity index (χ1) is 7.65.